The Morgan fingerprint density at radius 3 is 2.26 bits per heavy atom. The van der Waals surface area contributed by atoms with Crippen molar-refractivity contribution in [2.45, 2.75) is 118 Å². The molecule has 278 valence electrons. The minimum atomic E-state index is -0.335. The number of hydrogen-bond acceptors (Lipinski definition) is 8. The highest BCUT2D eigenvalue weighted by Gasteiger charge is 2.44. The van der Waals surface area contributed by atoms with Crippen molar-refractivity contribution >= 4 is 12.3 Å². The van der Waals surface area contributed by atoms with Gasteiger partial charge >= 0.3 is 0 Å². The lowest BCUT2D eigenvalue weighted by Gasteiger charge is -2.47. The number of amides is 2. The summed E-state index contributed by atoms with van der Waals surface area (Å²) in [6.45, 7) is 16.5. The molecule has 4 N–H and O–H groups in total. The number of nitrogens with one attached hydrogen (secondary N) is 2. The third-order valence-corrected chi connectivity index (χ3v) is 11.5. The maximum atomic E-state index is 12.5. The number of rotatable bonds is 9. The molecule has 9 unspecified atom stereocenters. The predicted molar refractivity (Wildman–Crippen MR) is 191 cm³/mol. The first kappa shape index (κ1) is 43.7. The van der Waals surface area contributed by atoms with Crippen molar-refractivity contribution in [1.29, 1.82) is 0 Å². The van der Waals surface area contributed by atoms with Gasteiger partial charge in [0.2, 0.25) is 12.3 Å². The lowest BCUT2D eigenvalue weighted by Crippen LogP contribution is -2.49. The SMILES string of the molecule is CC1CCC(C)C(C)(C)C1.CCOC1C(CN2CC([C@H](C)O)CO2)CCCC1C1CC(C(=O)NC)CC(N(C)C)C1.CNC=O.CO. The molecule has 4 aliphatic rings. The fraction of sp³-hybridized carbons (Fsp3) is 0.946. The Balaban J connectivity index is 0.000000570. The molecule has 3 saturated carbocycles. The van der Waals surface area contributed by atoms with E-state index in [1.165, 1.54) is 32.1 Å². The second-order valence-electron chi connectivity index (χ2n) is 15.5. The fourth-order valence-electron chi connectivity index (χ4n) is 8.34. The van der Waals surface area contributed by atoms with Gasteiger partial charge in [0.15, 0.2) is 0 Å². The molecule has 2 amide bonds. The average Bonchev–Trinajstić information content (AvgIpc) is 3.53. The van der Waals surface area contributed by atoms with Crippen molar-refractivity contribution in [3.63, 3.8) is 0 Å². The van der Waals surface area contributed by atoms with Gasteiger partial charge < -0.3 is 30.5 Å². The van der Waals surface area contributed by atoms with Gasteiger partial charge in [-0.3, -0.25) is 14.4 Å². The van der Waals surface area contributed by atoms with E-state index in [9.17, 15) is 9.90 Å². The summed E-state index contributed by atoms with van der Waals surface area (Å²) in [6.07, 6.45) is 11.4. The van der Waals surface area contributed by atoms with Gasteiger partial charge in [-0.25, -0.2) is 0 Å². The van der Waals surface area contributed by atoms with Crippen molar-refractivity contribution in [3.8, 4) is 0 Å². The Bertz CT molecular complexity index is 859. The molecule has 3 aliphatic carbocycles. The van der Waals surface area contributed by atoms with E-state index in [-0.39, 0.29) is 30.0 Å². The molecule has 10 nitrogen and oxygen atoms in total. The topological polar surface area (TPSA) is 124 Å². The van der Waals surface area contributed by atoms with Crippen LogP contribution in [0, 0.1) is 46.8 Å². The number of nitrogens with zero attached hydrogens (tertiary/aromatic N) is 2. The molecular weight excluding hydrogens is 596 g/mol. The highest BCUT2D eigenvalue weighted by molar-refractivity contribution is 5.78. The molecular formula is C37H74N4O6. The number of hydrogen-bond donors (Lipinski definition) is 4. The van der Waals surface area contributed by atoms with E-state index >= 15 is 0 Å². The maximum absolute atomic E-state index is 12.5. The number of aliphatic hydroxyl groups excluding tert-OH is 2. The molecule has 0 aromatic carbocycles. The van der Waals surface area contributed by atoms with Crippen LogP contribution in [0.5, 0.6) is 0 Å². The van der Waals surface area contributed by atoms with E-state index in [1.807, 2.05) is 6.92 Å². The molecule has 0 aromatic heterocycles. The highest BCUT2D eigenvalue weighted by Crippen LogP contribution is 2.45. The maximum Gasteiger partial charge on any atom is 0.222 e. The van der Waals surface area contributed by atoms with Crippen LogP contribution in [-0.2, 0) is 19.2 Å². The second-order valence-corrected chi connectivity index (χ2v) is 15.5. The Hall–Kier alpha value is -1.30. The summed E-state index contributed by atoms with van der Waals surface area (Å²) in [5.41, 5.74) is 0.609. The molecule has 10 heteroatoms. The van der Waals surface area contributed by atoms with Crippen LogP contribution in [0.15, 0.2) is 0 Å². The van der Waals surface area contributed by atoms with Gasteiger partial charge in [0.05, 0.1) is 18.8 Å². The molecule has 1 saturated heterocycles. The van der Waals surface area contributed by atoms with E-state index in [0.717, 1.165) is 64.3 Å². The average molecular weight is 671 g/mol. The van der Waals surface area contributed by atoms with Crippen molar-refractivity contribution in [3.05, 3.63) is 0 Å². The summed E-state index contributed by atoms with van der Waals surface area (Å²) >= 11 is 0. The van der Waals surface area contributed by atoms with Crippen molar-refractivity contribution in [2.24, 2.45) is 46.8 Å². The zero-order chi connectivity index (χ0) is 35.7. The Morgan fingerprint density at radius 2 is 1.77 bits per heavy atom. The number of aliphatic hydroxyl groups is 2. The van der Waals surface area contributed by atoms with Crippen LogP contribution in [0.4, 0.5) is 0 Å². The van der Waals surface area contributed by atoms with Crippen LogP contribution < -0.4 is 10.6 Å². The summed E-state index contributed by atoms with van der Waals surface area (Å²) in [6, 6.07) is 0.442. The van der Waals surface area contributed by atoms with Crippen molar-refractivity contribution < 1.29 is 29.4 Å². The first-order valence-corrected chi connectivity index (χ1v) is 18.4. The van der Waals surface area contributed by atoms with Gasteiger partial charge in [0, 0.05) is 64.7 Å². The third kappa shape index (κ3) is 14.2. The fourth-order valence-corrected chi connectivity index (χ4v) is 8.34. The van der Waals surface area contributed by atoms with Gasteiger partial charge in [-0.05, 0) is 102 Å². The molecule has 0 aromatic rings. The zero-order valence-electron chi connectivity index (χ0n) is 32.0. The summed E-state index contributed by atoms with van der Waals surface area (Å²) in [4.78, 5) is 29.8. The van der Waals surface area contributed by atoms with Gasteiger partial charge in [0.1, 0.15) is 0 Å². The van der Waals surface area contributed by atoms with E-state index in [0.29, 0.717) is 42.2 Å². The van der Waals surface area contributed by atoms with Gasteiger partial charge in [-0.2, -0.15) is 5.06 Å². The van der Waals surface area contributed by atoms with Crippen molar-refractivity contribution in [1.82, 2.24) is 20.6 Å². The molecule has 10 atom stereocenters. The number of carbonyl (C=O) groups is 2. The van der Waals surface area contributed by atoms with E-state index in [1.54, 1.807) is 14.1 Å². The lowest BCUT2D eigenvalue weighted by atomic mass is 9.65. The number of carbonyl (C=O) groups excluding carboxylic acids is 2. The zero-order valence-corrected chi connectivity index (χ0v) is 32.0. The molecule has 1 aliphatic heterocycles. The third-order valence-electron chi connectivity index (χ3n) is 11.5. The summed E-state index contributed by atoms with van der Waals surface area (Å²) in [5, 5.41) is 24.1. The first-order valence-electron chi connectivity index (χ1n) is 18.4. The Kier molecular flexibility index (Phi) is 20.9. The van der Waals surface area contributed by atoms with E-state index in [2.05, 4.69) is 69.3 Å². The van der Waals surface area contributed by atoms with Crippen LogP contribution >= 0.6 is 0 Å². The quantitative estimate of drug-likeness (QED) is 0.263. The van der Waals surface area contributed by atoms with E-state index in [4.69, 9.17) is 19.5 Å². The van der Waals surface area contributed by atoms with Crippen molar-refractivity contribution in [2.75, 3.05) is 61.6 Å². The van der Waals surface area contributed by atoms with Crippen LogP contribution in [0.2, 0.25) is 0 Å². The van der Waals surface area contributed by atoms with Gasteiger partial charge in [0.25, 0.3) is 0 Å². The monoisotopic (exact) mass is 671 g/mol. The normalized spacial score (nSPS) is 34.3. The van der Waals surface area contributed by atoms with Gasteiger partial charge in [-0.1, -0.05) is 40.5 Å². The molecule has 0 bridgehead atoms. The van der Waals surface area contributed by atoms with Crippen LogP contribution in [-0.4, -0.2) is 112 Å². The minimum absolute atomic E-state index is 0.0903. The smallest absolute Gasteiger partial charge is 0.222 e. The largest absolute Gasteiger partial charge is 0.400 e. The predicted octanol–water partition coefficient (Wildman–Crippen LogP) is 4.58. The molecule has 0 radical (unpaired) electrons. The van der Waals surface area contributed by atoms with Crippen LogP contribution in [0.3, 0.4) is 0 Å². The molecule has 1 heterocycles. The lowest BCUT2D eigenvalue weighted by molar-refractivity contribution is -0.149. The summed E-state index contributed by atoms with van der Waals surface area (Å²) in [5.74, 6) is 3.80. The Labute approximate surface area is 288 Å². The Morgan fingerprint density at radius 1 is 1.11 bits per heavy atom. The van der Waals surface area contributed by atoms with Crippen LogP contribution in [0.25, 0.3) is 0 Å². The first-order chi connectivity index (χ1) is 22.3. The standard InChI is InChI=1S/C24H45N3O4.C10H20.C2H5NO.CH4O/c1-6-30-23-17(13-27-14-20(15-31-27)16(2)28)8-7-9-22(23)18-10-19(24(29)25-3)12-21(11-18)26(4)5;1-8-5-6-9(2)10(3,4)7-8;1-3-2-4;1-2/h16-23,28H,6-15H2,1-5H3,(H,25,29);8-9H,5-7H2,1-4H3;2H,1H3,(H,3,4);2H,1H3/t16-,17?,18?,19?,20?,21?,22?,23?;;;/m0.../s1. The summed E-state index contributed by atoms with van der Waals surface area (Å²) in [7, 11) is 8.60. The van der Waals surface area contributed by atoms with E-state index < -0.39 is 0 Å². The van der Waals surface area contributed by atoms with Gasteiger partial charge in [-0.15, -0.1) is 0 Å². The molecule has 0 spiro atoms. The number of ether oxygens (including phenoxy) is 1. The number of hydroxylamine groups is 2. The van der Waals surface area contributed by atoms with Crippen LogP contribution in [0.1, 0.15) is 99.3 Å². The minimum Gasteiger partial charge on any atom is -0.400 e. The second kappa shape index (κ2) is 22.4. The highest BCUT2D eigenvalue weighted by atomic mass is 16.7. The summed E-state index contributed by atoms with van der Waals surface area (Å²) < 4.78 is 6.42. The molecule has 4 rings (SSSR count). The molecule has 4 fully saturated rings. The molecule has 47 heavy (non-hydrogen) atoms.